The predicted molar refractivity (Wildman–Crippen MR) is 58.5 cm³/mol. The number of pyridine rings is 1. The van der Waals surface area contributed by atoms with Crippen molar-refractivity contribution in [3.05, 3.63) is 29.8 Å². The highest BCUT2D eigenvalue weighted by atomic mass is 19.1. The van der Waals surface area contributed by atoms with Gasteiger partial charge in [0.1, 0.15) is 6.04 Å². The number of nitrogens with zero attached hydrogens (tertiary/aromatic N) is 3. The summed E-state index contributed by atoms with van der Waals surface area (Å²) in [4.78, 5) is 17.1. The second-order valence-electron chi connectivity index (χ2n) is 4.01. The molecule has 1 amide bonds. The number of hydrogen-bond donors (Lipinski definition) is 0. The van der Waals surface area contributed by atoms with Crippen LogP contribution < -0.4 is 0 Å². The van der Waals surface area contributed by atoms with Crippen molar-refractivity contribution in [3.8, 4) is 6.07 Å². The number of hydrogen-bond acceptors (Lipinski definition) is 3. The predicted octanol–water partition coefficient (Wildman–Crippen LogP) is 1.74. The molecule has 0 saturated carbocycles. The van der Waals surface area contributed by atoms with Gasteiger partial charge < -0.3 is 4.90 Å². The number of amides is 1. The third-order valence-corrected chi connectivity index (χ3v) is 2.89. The molecule has 4 nitrogen and oxygen atoms in total. The molecule has 0 radical (unpaired) electrons. The molecule has 0 spiro atoms. The van der Waals surface area contributed by atoms with E-state index in [0.717, 1.165) is 18.9 Å². The molecule has 1 aliphatic heterocycles. The Morgan fingerprint density at radius 1 is 1.53 bits per heavy atom. The summed E-state index contributed by atoms with van der Waals surface area (Å²) >= 11 is 0. The quantitative estimate of drug-likeness (QED) is 0.694. The first-order chi connectivity index (χ1) is 8.22. The zero-order chi connectivity index (χ0) is 12.3. The maximum absolute atomic E-state index is 12.6. The third kappa shape index (κ3) is 2.41. The van der Waals surface area contributed by atoms with Crippen LogP contribution in [-0.2, 0) is 0 Å². The second kappa shape index (κ2) is 4.91. The molecule has 5 heteroatoms. The Hall–Kier alpha value is -1.96. The zero-order valence-electron chi connectivity index (χ0n) is 9.27. The lowest BCUT2D eigenvalue weighted by Crippen LogP contribution is -2.42. The average molecular weight is 233 g/mol. The first-order valence-electron chi connectivity index (χ1n) is 5.54. The maximum Gasteiger partial charge on any atom is 0.256 e. The van der Waals surface area contributed by atoms with Gasteiger partial charge in [0.15, 0.2) is 0 Å². The van der Waals surface area contributed by atoms with Gasteiger partial charge in [0.05, 0.1) is 11.6 Å². The van der Waals surface area contributed by atoms with Gasteiger partial charge in [-0.15, -0.1) is 0 Å². The minimum absolute atomic E-state index is 0.247. The Morgan fingerprint density at radius 2 is 2.35 bits per heavy atom. The molecule has 0 aromatic carbocycles. The lowest BCUT2D eigenvalue weighted by Gasteiger charge is -2.31. The molecule has 0 aliphatic carbocycles. The Labute approximate surface area is 98.7 Å². The molecule has 17 heavy (non-hydrogen) atoms. The van der Waals surface area contributed by atoms with Crippen LogP contribution in [0.3, 0.4) is 0 Å². The molecule has 1 fully saturated rings. The van der Waals surface area contributed by atoms with Gasteiger partial charge in [0, 0.05) is 12.7 Å². The Balaban J connectivity index is 2.18. The Morgan fingerprint density at radius 3 is 3.00 bits per heavy atom. The number of piperidine rings is 1. The molecular weight excluding hydrogens is 221 g/mol. The average Bonchev–Trinajstić information content (AvgIpc) is 2.39. The fourth-order valence-corrected chi connectivity index (χ4v) is 1.98. The number of halogens is 1. The molecule has 1 aliphatic rings. The molecule has 1 aromatic rings. The lowest BCUT2D eigenvalue weighted by atomic mass is 10.0. The van der Waals surface area contributed by atoms with Crippen molar-refractivity contribution in [3.63, 3.8) is 0 Å². The molecular formula is C12H12FN3O. The summed E-state index contributed by atoms with van der Waals surface area (Å²) in [5, 5.41) is 8.98. The smallest absolute Gasteiger partial charge is 0.256 e. The van der Waals surface area contributed by atoms with E-state index in [-0.39, 0.29) is 11.9 Å². The van der Waals surface area contributed by atoms with Crippen LogP contribution in [0.15, 0.2) is 18.3 Å². The molecule has 2 heterocycles. The molecule has 2 rings (SSSR count). The van der Waals surface area contributed by atoms with Crippen molar-refractivity contribution in [2.75, 3.05) is 6.54 Å². The number of nitriles is 1. The van der Waals surface area contributed by atoms with Gasteiger partial charge in [0.25, 0.3) is 5.91 Å². The van der Waals surface area contributed by atoms with Gasteiger partial charge in [-0.3, -0.25) is 4.79 Å². The summed E-state index contributed by atoms with van der Waals surface area (Å²) in [5.74, 6) is -0.860. The van der Waals surface area contributed by atoms with Gasteiger partial charge in [-0.2, -0.15) is 9.65 Å². The first kappa shape index (κ1) is 11.5. The maximum atomic E-state index is 12.6. The van der Waals surface area contributed by atoms with Crippen molar-refractivity contribution < 1.29 is 9.18 Å². The number of likely N-dealkylation sites (tertiary alicyclic amines) is 1. The van der Waals surface area contributed by atoms with Crippen LogP contribution >= 0.6 is 0 Å². The van der Waals surface area contributed by atoms with E-state index >= 15 is 0 Å². The van der Waals surface area contributed by atoms with Crippen molar-refractivity contribution in [2.24, 2.45) is 0 Å². The fourth-order valence-electron chi connectivity index (χ4n) is 1.98. The lowest BCUT2D eigenvalue weighted by molar-refractivity contribution is 0.0670. The van der Waals surface area contributed by atoms with Crippen LogP contribution in [-0.4, -0.2) is 28.4 Å². The van der Waals surface area contributed by atoms with E-state index in [1.807, 2.05) is 0 Å². The van der Waals surface area contributed by atoms with Gasteiger partial charge in [0.2, 0.25) is 5.95 Å². The minimum atomic E-state index is -0.614. The highest BCUT2D eigenvalue weighted by Gasteiger charge is 2.27. The molecule has 1 unspecified atom stereocenters. The van der Waals surface area contributed by atoms with E-state index in [1.165, 1.54) is 12.3 Å². The van der Waals surface area contributed by atoms with Gasteiger partial charge in [-0.1, -0.05) is 0 Å². The number of aromatic nitrogens is 1. The van der Waals surface area contributed by atoms with Gasteiger partial charge in [-0.25, -0.2) is 4.98 Å². The molecule has 1 saturated heterocycles. The highest BCUT2D eigenvalue weighted by molar-refractivity contribution is 5.94. The van der Waals surface area contributed by atoms with Crippen molar-refractivity contribution >= 4 is 5.91 Å². The SMILES string of the molecule is N#CC1CCCCN1C(=O)c1ccc(F)nc1. The fraction of sp³-hybridized carbons (Fsp3) is 0.417. The summed E-state index contributed by atoms with van der Waals surface area (Å²) in [5.41, 5.74) is 0.327. The molecule has 0 bridgehead atoms. The number of rotatable bonds is 1. The normalized spacial score (nSPS) is 19.8. The van der Waals surface area contributed by atoms with Crippen LogP contribution in [0, 0.1) is 17.3 Å². The van der Waals surface area contributed by atoms with Crippen molar-refractivity contribution in [1.82, 2.24) is 9.88 Å². The van der Waals surface area contributed by atoms with Crippen LogP contribution in [0.25, 0.3) is 0 Å². The first-order valence-corrected chi connectivity index (χ1v) is 5.54. The van der Waals surface area contributed by atoms with E-state index in [4.69, 9.17) is 5.26 Å². The Bertz CT molecular complexity index is 452. The monoisotopic (exact) mass is 233 g/mol. The minimum Gasteiger partial charge on any atom is -0.323 e. The van der Waals surface area contributed by atoms with E-state index < -0.39 is 5.95 Å². The second-order valence-corrected chi connectivity index (χ2v) is 4.01. The summed E-state index contributed by atoms with van der Waals surface area (Å²) in [6, 6.07) is 4.30. The van der Waals surface area contributed by atoms with Crippen LogP contribution in [0.4, 0.5) is 4.39 Å². The highest BCUT2D eigenvalue weighted by Crippen LogP contribution is 2.18. The largest absolute Gasteiger partial charge is 0.323 e. The summed E-state index contributed by atoms with van der Waals surface area (Å²) in [7, 11) is 0. The van der Waals surface area contributed by atoms with Crippen molar-refractivity contribution in [2.45, 2.75) is 25.3 Å². The van der Waals surface area contributed by atoms with E-state index in [1.54, 1.807) is 4.90 Å². The molecule has 0 N–H and O–H groups in total. The van der Waals surface area contributed by atoms with Crippen molar-refractivity contribution in [1.29, 1.82) is 5.26 Å². The van der Waals surface area contributed by atoms with Crippen LogP contribution in [0.2, 0.25) is 0 Å². The van der Waals surface area contributed by atoms with Gasteiger partial charge >= 0.3 is 0 Å². The topological polar surface area (TPSA) is 57.0 Å². The van der Waals surface area contributed by atoms with E-state index in [0.29, 0.717) is 18.5 Å². The van der Waals surface area contributed by atoms with E-state index in [9.17, 15) is 9.18 Å². The third-order valence-electron chi connectivity index (χ3n) is 2.89. The Kier molecular flexibility index (Phi) is 3.33. The summed E-state index contributed by atoms with van der Waals surface area (Å²) in [6.07, 6.45) is 3.78. The summed E-state index contributed by atoms with van der Waals surface area (Å²) < 4.78 is 12.6. The standard InChI is InChI=1S/C12H12FN3O/c13-11-5-4-9(8-15-11)12(17)16-6-2-1-3-10(16)7-14/h4-5,8,10H,1-3,6H2. The number of carbonyl (C=O) groups excluding carboxylic acids is 1. The zero-order valence-corrected chi connectivity index (χ0v) is 9.27. The molecule has 88 valence electrons. The molecule has 1 aromatic heterocycles. The summed E-state index contributed by atoms with van der Waals surface area (Å²) in [6.45, 7) is 0.578. The number of carbonyl (C=O) groups is 1. The van der Waals surface area contributed by atoms with E-state index in [2.05, 4.69) is 11.1 Å². The van der Waals surface area contributed by atoms with Gasteiger partial charge in [-0.05, 0) is 31.4 Å². The van der Waals surface area contributed by atoms with Crippen LogP contribution in [0.1, 0.15) is 29.6 Å². The molecule has 1 atom stereocenters. The van der Waals surface area contributed by atoms with Crippen LogP contribution in [0.5, 0.6) is 0 Å².